The van der Waals surface area contributed by atoms with Crippen molar-refractivity contribution in [3.8, 4) is 22.9 Å². The third-order valence-electron chi connectivity index (χ3n) is 6.70. The second kappa shape index (κ2) is 6.81. The van der Waals surface area contributed by atoms with Crippen LogP contribution in [0.5, 0.6) is 0 Å². The van der Waals surface area contributed by atoms with E-state index in [2.05, 4.69) is 71.3 Å². The lowest BCUT2D eigenvalue weighted by Gasteiger charge is -2.10. The van der Waals surface area contributed by atoms with E-state index in [0.29, 0.717) is 5.56 Å². The molecule has 0 unspecified atom stereocenters. The molecule has 4 nitrogen and oxygen atoms in total. The Bertz CT molecular complexity index is 1930. The number of benzene rings is 5. The molecule has 0 radical (unpaired) electrons. The normalized spacial score (nSPS) is 11.6. The molecule has 158 valence electrons. The van der Waals surface area contributed by atoms with Gasteiger partial charge < -0.3 is 14.4 Å². The molecule has 0 saturated carbocycles. The van der Waals surface area contributed by atoms with E-state index in [9.17, 15) is 5.26 Å². The van der Waals surface area contributed by atoms with Crippen molar-refractivity contribution in [2.45, 2.75) is 0 Å². The van der Waals surface area contributed by atoms with Crippen LogP contribution in [0.3, 0.4) is 0 Å². The van der Waals surface area contributed by atoms with E-state index in [0.717, 1.165) is 49.8 Å². The highest BCUT2D eigenvalue weighted by Gasteiger charge is 2.19. The van der Waals surface area contributed by atoms with Gasteiger partial charge in [0.15, 0.2) is 0 Å². The first-order chi connectivity index (χ1) is 16.7. The summed E-state index contributed by atoms with van der Waals surface area (Å²) in [5.41, 5.74) is 7.52. The molecule has 0 bridgehead atoms. The highest BCUT2D eigenvalue weighted by atomic mass is 16.3. The zero-order valence-corrected chi connectivity index (χ0v) is 18.0. The fourth-order valence-corrected chi connectivity index (χ4v) is 5.23. The molecule has 7 rings (SSSR count). The zero-order valence-electron chi connectivity index (χ0n) is 18.0. The van der Waals surface area contributed by atoms with Gasteiger partial charge in [0.2, 0.25) is 0 Å². The minimum absolute atomic E-state index is 0.553. The maximum absolute atomic E-state index is 9.37. The van der Waals surface area contributed by atoms with E-state index in [1.807, 2.05) is 18.2 Å². The number of nitrogens with one attached hydrogen (secondary N) is 1. The molecule has 0 aliphatic heterocycles. The third-order valence-corrected chi connectivity index (χ3v) is 6.70. The summed E-state index contributed by atoms with van der Waals surface area (Å²) in [6, 6.07) is 31.1. The Morgan fingerprint density at radius 3 is 2.50 bits per heavy atom. The van der Waals surface area contributed by atoms with Gasteiger partial charge in [0.05, 0.1) is 28.9 Å². The smallest absolute Gasteiger partial charge is 0.141 e. The Hall–Kier alpha value is -4.88. The standard InChI is InChI=1S/C30H17N3O/c31-16-18-12-19(17-32)14-23(13-18)20-4-7-24(8-5-20)33-26-3-1-2-21-6-9-25-29(28(21)26)27(33)15-22-10-11-34-30(22)25/h1-16,31H. The van der Waals surface area contributed by atoms with Crippen molar-refractivity contribution in [1.82, 2.24) is 4.57 Å². The van der Waals surface area contributed by atoms with Gasteiger partial charge in [0, 0.05) is 33.4 Å². The summed E-state index contributed by atoms with van der Waals surface area (Å²) in [6.07, 6.45) is 3.03. The Morgan fingerprint density at radius 2 is 1.68 bits per heavy atom. The number of aromatic nitrogens is 1. The molecule has 2 heterocycles. The Balaban J connectivity index is 1.49. The predicted octanol–water partition coefficient (Wildman–Crippen LogP) is 7.66. The van der Waals surface area contributed by atoms with Gasteiger partial charge in [-0.15, -0.1) is 0 Å². The van der Waals surface area contributed by atoms with Gasteiger partial charge in [0.25, 0.3) is 0 Å². The molecule has 0 amide bonds. The molecule has 0 saturated heterocycles. The van der Waals surface area contributed by atoms with Crippen LogP contribution in [-0.2, 0) is 0 Å². The zero-order chi connectivity index (χ0) is 22.8. The lowest BCUT2D eigenvalue weighted by Crippen LogP contribution is -1.94. The molecular formula is C30H17N3O. The van der Waals surface area contributed by atoms with Crippen LogP contribution < -0.4 is 0 Å². The number of rotatable bonds is 3. The van der Waals surface area contributed by atoms with Crippen LogP contribution in [-0.4, -0.2) is 10.8 Å². The van der Waals surface area contributed by atoms with E-state index in [1.54, 1.807) is 12.3 Å². The molecule has 5 aromatic carbocycles. The van der Waals surface area contributed by atoms with E-state index in [4.69, 9.17) is 9.83 Å². The minimum Gasteiger partial charge on any atom is -0.464 e. The van der Waals surface area contributed by atoms with Gasteiger partial charge in [0.1, 0.15) is 5.58 Å². The summed E-state index contributed by atoms with van der Waals surface area (Å²) < 4.78 is 8.16. The number of hydrogen-bond donors (Lipinski definition) is 1. The first-order valence-electron chi connectivity index (χ1n) is 11.1. The van der Waals surface area contributed by atoms with Crippen LogP contribution in [0.25, 0.3) is 60.4 Å². The Labute approximate surface area is 194 Å². The van der Waals surface area contributed by atoms with Gasteiger partial charge in [-0.1, -0.05) is 30.3 Å². The number of nitriles is 1. The lowest BCUT2D eigenvalue weighted by molar-refractivity contribution is 0.619. The van der Waals surface area contributed by atoms with Crippen LogP contribution in [0.2, 0.25) is 0 Å². The van der Waals surface area contributed by atoms with Crippen molar-refractivity contribution in [2.75, 3.05) is 0 Å². The Morgan fingerprint density at radius 1 is 0.794 bits per heavy atom. The maximum Gasteiger partial charge on any atom is 0.141 e. The van der Waals surface area contributed by atoms with Gasteiger partial charge in [-0.25, -0.2) is 0 Å². The summed E-state index contributed by atoms with van der Waals surface area (Å²) in [7, 11) is 0. The topological polar surface area (TPSA) is 65.7 Å². The first-order valence-corrected chi connectivity index (χ1v) is 11.1. The molecule has 0 atom stereocenters. The number of fused-ring (bicyclic) bond motifs is 2. The van der Waals surface area contributed by atoms with Crippen molar-refractivity contribution < 1.29 is 4.42 Å². The second-order valence-electron chi connectivity index (χ2n) is 8.58. The third kappa shape index (κ3) is 2.49. The average Bonchev–Trinajstić information content (AvgIpc) is 3.50. The lowest BCUT2D eigenvalue weighted by atomic mass is 10.00. The molecule has 0 fully saturated rings. The van der Waals surface area contributed by atoms with Crippen LogP contribution >= 0.6 is 0 Å². The molecule has 0 aliphatic rings. The van der Waals surface area contributed by atoms with E-state index in [-0.39, 0.29) is 0 Å². The van der Waals surface area contributed by atoms with Crippen molar-refractivity contribution >= 4 is 49.8 Å². The molecule has 7 aromatic rings. The van der Waals surface area contributed by atoms with Gasteiger partial charge in [-0.2, -0.15) is 5.26 Å². The quantitative estimate of drug-likeness (QED) is 0.229. The summed E-state index contributed by atoms with van der Waals surface area (Å²) in [5.74, 6) is 0. The Kier molecular flexibility index (Phi) is 3.74. The summed E-state index contributed by atoms with van der Waals surface area (Å²) in [4.78, 5) is 0. The highest BCUT2D eigenvalue weighted by molar-refractivity contribution is 6.29. The van der Waals surface area contributed by atoms with Gasteiger partial charge in [-0.3, -0.25) is 0 Å². The van der Waals surface area contributed by atoms with Gasteiger partial charge >= 0.3 is 0 Å². The second-order valence-corrected chi connectivity index (χ2v) is 8.58. The summed E-state index contributed by atoms with van der Waals surface area (Å²) in [5, 5.41) is 22.9. The fourth-order valence-electron chi connectivity index (χ4n) is 5.23. The van der Waals surface area contributed by atoms with Crippen LogP contribution in [0.15, 0.2) is 95.6 Å². The van der Waals surface area contributed by atoms with E-state index in [1.165, 1.54) is 22.4 Å². The highest BCUT2D eigenvalue weighted by Crippen LogP contribution is 2.42. The molecule has 0 spiro atoms. The van der Waals surface area contributed by atoms with Crippen molar-refractivity contribution in [2.24, 2.45) is 0 Å². The number of nitrogens with zero attached hydrogens (tertiary/aromatic N) is 2. The molecule has 2 aromatic heterocycles. The van der Waals surface area contributed by atoms with Crippen molar-refractivity contribution in [3.05, 3.63) is 102 Å². The van der Waals surface area contributed by atoms with Gasteiger partial charge in [-0.05, 0) is 76.7 Å². The van der Waals surface area contributed by atoms with Crippen molar-refractivity contribution in [3.63, 3.8) is 0 Å². The monoisotopic (exact) mass is 435 g/mol. The first kappa shape index (κ1) is 18.7. The summed E-state index contributed by atoms with van der Waals surface area (Å²) >= 11 is 0. The number of hydrogen-bond acceptors (Lipinski definition) is 3. The summed E-state index contributed by atoms with van der Waals surface area (Å²) in [6.45, 7) is 0. The average molecular weight is 435 g/mol. The molecule has 4 heteroatoms. The van der Waals surface area contributed by atoms with Crippen LogP contribution in [0.4, 0.5) is 0 Å². The molecule has 1 N–H and O–H groups in total. The molecular weight excluding hydrogens is 418 g/mol. The SMILES string of the molecule is N#Cc1cc(C=N)cc(-c2ccc(-n3c4cccc5ccc6c7occc7cc3c6c54)cc2)c1. The van der Waals surface area contributed by atoms with Crippen LogP contribution in [0.1, 0.15) is 11.1 Å². The van der Waals surface area contributed by atoms with E-state index >= 15 is 0 Å². The van der Waals surface area contributed by atoms with Crippen LogP contribution in [0, 0.1) is 16.7 Å². The van der Waals surface area contributed by atoms with E-state index < -0.39 is 0 Å². The molecule has 34 heavy (non-hydrogen) atoms. The fraction of sp³-hybridized carbons (Fsp3) is 0. The maximum atomic E-state index is 9.37. The molecule has 0 aliphatic carbocycles. The number of furan rings is 1. The largest absolute Gasteiger partial charge is 0.464 e. The minimum atomic E-state index is 0.553. The van der Waals surface area contributed by atoms with Crippen molar-refractivity contribution in [1.29, 1.82) is 10.7 Å². The predicted molar refractivity (Wildman–Crippen MR) is 137 cm³/mol.